The highest BCUT2D eigenvalue weighted by atomic mass is 127. The highest BCUT2D eigenvalue weighted by Gasteiger charge is 2.15. The van der Waals surface area contributed by atoms with Gasteiger partial charge in [-0.05, 0) is 13.0 Å². The van der Waals surface area contributed by atoms with Gasteiger partial charge < -0.3 is 25.3 Å². The lowest BCUT2D eigenvalue weighted by Gasteiger charge is -2.14. The number of methoxy groups -OCH3 is 1. The fraction of sp³-hybridized carbons (Fsp3) is 0.500. The van der Waals surface area contributed by atoms with E-state index in [1.165, 1.54) is 0 Å². The molecule has 0 saturated carbocycles. The number of hydrogen-bond donors (Lipinski definition) is 2. The van der Waals surface area contributed by atoms with E-state index >= 15 is 0 Å². The van der Waals surface area contributed by atoms with Crippen LogP contribution in [0.3, 0.4) is 0 Å². The molecule has 1 rings (SSSR count). The van der Waals surface area contributed by atoms with E-state index in [2.05, 4.69) is 15.0 Å². The van der Waals surface area contributed by atoms with E-state index in [-0.39, 0.29) is 48.0 Å². The van der Waals surface area contributed by atoms with Crippen LogP contribution in [0, 0.1) is 0 Å². The summed E-state index contributed by atoms with van der Waals surface area (Å²) in [6.07, 6.45) is 0. The Kier molecular flexibility index (Phi) is 11.4. The van der Waals surface area contributed by atoms with E-state index in [9.17, 15) is 8.78 Å². The van der Waals surface area contributed by atoms with Crippen molar-refractivity contribution in [2.45, 2.75) is 20.1 Å². The molecule has 0 heterocycles. The number of alkyl halides is 2. The summed E-state index contributed by atoms with van der Waals surface area (Å²) in [5, 5.41) is 2.84. The Hall–Kier alpha value is -1.36. The summed E-state index contributed by atoms with van der Waals surface area (Å²) in [5.41, 5.74) is 6.13. The number of aliphatic imine (C=N–C) groups is 1. The first kappa shape index (κ1) is 21.6. The monoisotopic (exact) mass is 445 g/mol. The maximum atomic E-state index is 12.6. The Morgan fingerprint density at radius 2 is 2.13 bits per heavy atom. The second-order valence-electron chi connectivity index (χ2n) is 4.18. The number of para-hydroxylation sites is 1. The van der Waals surface area contributed by atoms with Gasteiger partial charge in [-0.15, -0.1) is 24.0 Å². The Bertz CT molecular complexity index is 490. The molecule has 0 radical (unpaired) electrons. The summed E-state index contributed by atoms with van der Waals surface area (Å²) in [6, 6.07) is 4.88. The van der Waals surface area contributed by atoms with E-state index in [1.807, 2.05) is 0 Å². The van der Waals surface area contributed by atoms with Crippen molar-refractivity contribution >= 4 is 29.9 Å². The zero-order chi connectivity index (χ0) is 16.4. The zero-order valence-electron chi connectivity index (χ0n) is 13.1. The third-order valence-electron chi connectivity index (χ3n) is 2.60. The van der Waals surface area contributed by atoms with Gasteiger partial charge in [-0.1, -0.05) is 12.1 Å². The maximum absolute atomic E-state index is 12.6. The molecule has 23 heavy (non-hydrogen) atoms. The number of nitrogens with one attached hydrogen (secondary N) is 1. The number of ether oxygens (including phenoxy) is 3. The summed E-state index contributed by atoms with van der Waals surface area (Å²) in [6.45, 7) is 0.235. The van der Waals surface area contributed by atoms with Crippen LogP contribution in [0.1, 0.15) is 12.5 Å². The summed E-state index contributed by atoms with van der Waals surface area (Å²) in [7, 11) is 1.57. The molecule has 0 aliphatic carbocycles. The average Bonchev–Trinajstić information content (AvgIpc) is 2.47. The lowest BCUT2D eigenvalue weighted by molar-refractivity contribution is -0.0520. The smallest absolute Gasteiger partial charge is 0.387 e. The van der Waals surface area contributed by atoms with Gasteiger partial charge in [0.25, 0.3) is 0 Å². The Morgan fingerprint density at radius 1 is 1.39 bits per heavy atom. The van der Waals surface area contributed by atoms with Crippen molar-refractivity contribution < 1.29 is 23.0 Å². The molecule has 0 saturated heterocycles. The molecule has 0 unspecified atom stereocenters. The van der Waals surface area contributed by atoms with Gasteiger partial charge in [0, 0.05) is 19.2 Å². The van der Waals surface area contributed by atoms with E-state index in [0.717, 1.165) is 0 Å². The molecule has 0 spiro atoms. The van der Waals surface area contributed by atoms with Gasteiger partial charge in [-0.3, -0.25) is 0 Å². The molecular weight excluding hydrogens is 423 g/mol. The SMILES string of the molecule is CCOc1cccc(CN=C(N)NCCOC)c1OC(F)F.I. The van der Waals surface area contributed by atoms with Crippen molar-refractivity contribution in [2.75, 3.05) is 26.9 Å². The topological polar surface area (TPSA) is 78.1 Å². The maximum Gasteiger partial charge on any atom is 0.387 e. The van der Waals surface area contributed by atoms with Gasteiger partial charge in [0.15, 0.2) is 17.5 Å². The quantitative estimate of drug-likeness (QED) is 0.264. The van der Waals surface area contributed by atoms with Gasteiger partial charge in [-0.2, -0.15) is 8.78 Å². The summed E-state index contributed by atoms with van der Waals surface area (Å²) >= 11 is 0. The van der Waals surface area contributed by atoms with Crippen LogP contribution in [0.15, 0.2) is 23.2 Å². The van der Waals surface area contributed by atoms with Crippen molar-refractivity contribution in [2.24, 2.45) is 10.7 Å². The van der Waals surface area contributed by atoms with Crippen LogP contribution in [0.2, 0.25) is 0 Å². The molecule has 132 valence electrons. The minimum absolute atomic E-state index is 0. The van der Waals surface area contributed by atoms with Crippen LogP contribution in [0.5, 0.6) is 11.5 Å². The highest BCUT2D eigenvalue weighted by Crippen LogP contribution is 2.33. The van der Waals surface area contributed by atoms with E-state index in [1.54, 1.807) is 32.2 Å². The third-order valence-corrected chi connectivity index (χ3v) is 2.60. The Balaban J connectivity index is 0.00000484. The molecule has 0 atom stereocenters. The van der Waals surface area contributed by atoms with Gasteiger partial charge in [0.1, 0.15) is 0 Å². The first-order valence-corrected chi connectivity index (χ1v) is 6.80. The summed E-state index contributed by atoms with van der Waals surface area (Å²) < 4.78 is 39.8. The van der Waals surface area contributed by atoms with Gasteiger partial charge in [0.2, 0.25) is 0 Å². The van der Waals surface area contributed by atoms with Crippen molar-refractivity contribution in [1.29, 1.82) is 0 Å². The third kappa shape index (κ3) is 8.16. The summed E-state index contributed by atoms with van der Waals surface area (Å²) in [4.78, 5) is 4.08. The molecule has 0 aliphatic rings. The Labute approximate surface area is 151 Å². The van der Waals surface area contributed by atoms with Crippen LogP contribution in [0.4, 0.5) is 8.78 Å². The molecule has 6 nitrogen and oxygen atoms in total. The molecular formula is C14H22F2IN3O3. The molecule has 1 aromatic carbocycles. The average molecular weight is 445 g/mol. The lowest BCUT2D eigenvalue weighted by atomic mass is 10.2. The van der Waals surface area contributed by atoms with Crippen LogP contribution in [-0.2, 0) is 11.3 Å². The number of nitrogens with zero attached hydrogens (tertiary/aromatic N) is 1. The predicted molar refractivity (Wildman–Crippen MR) is 94.9 cm³/mol. The number of hydrogen-bond acceptors (Lipinski definition) is 4. The van der Waals surface area contributed by atoms with Gasteiger partial charge in [-0.25, -0.2) is 4.99 Å². The Morgan fingerprint density at radius 3 is 2.74 bits per heavy atom. The highest BCUT2D eigenvalue weighted by molar-refractivity contribution is 14.0. The van der Waals surface area contributed by atoms with Crippen molar-refractivity contribution in [1.82, 2.24) is 5.32 Å². The predicted octanol–water partition coefficient (Wildman–Crippen LogP) is 2.36. The van der Waals surface area contributed by atoms with Crippen molar-refractivity contribution in [3.63, 3.8) is 0 Å². The van der Waals surface area contributed by atoms with Crippen LogP contribution >= 0.6 is 24.0 Å². The first-order chi connectivity index (χ1) is 10.6. The molecule has 0 aliphatic heterocycles. The van der Waals surface area contributed by atoms with E-state index in [4.69, 9.17) is 15.2 Å². The van der Waals surface area contributed by atoms with Gasteiger partial charge in [0.05, 0.1) is 19.8 Å². The van der Waals surface area contributed by atoms with Crippen LogP contribution < -0.4 is 20.5 Å². The number of rotatable bonds is 9. The second kappa shape index (κ2) is 12.1. The molecule has 9 heteroatoms. The molecule has 0 fully saturated rings. The molecule has 3 N–H and O–H groups in total. The molecule has 0 bridgehead atoms. The van der Waals surface area contributed by atoms with Crippen LogP contribution in [-0.4, -0.2) is 39.4 Å². The zero-order valence-corrected chi connectivity index (χ0v) is 15.4. The molecule has 1 aromatic rings. The van der Waals surface area contributed by atoms with E-state index in [0.29, 0.717) is 25.3 Å². The fourth-order valence-corrected chi connectivity index (χ4v) is 1.69. The van der Waals surface area contributed by atoms with Gasteiger partial charge >= 0.3 is 6.61 Å². The van der Waals surface area contributed by atoms with Crippen molar-refractivity contribution in [3.8, 4) is 11.5 Å². The minimum atomic E-state index is -2.94. The number of halogens is 3. The van der Waals surface area contributed by atoms with Crippen LogP contribution in [0.25, 0.3) is 0 Å². The number of guanidine groups is 1. The van der Waals surface area contributed by atoms with Crippen molar-refractivity contribution in [3.05, 3.63) is 23.8 Å². The standard InChI is InChI=1S/C14H21F2N3O3.HI/c1-3-21-11-6-4-5-10(12(11)22-13(15)16)9-19-14(17)18-7-8-20-2;/h4-6,13H,3,7-9H2,1-2H3,(H3,17,18,19);1H. The normalized spacial score (nSPS) is 11.1. The van der Waals surface area contributed by atoms with E-state index < -0.39 is 6.61 Å². The number of benzene rings is 1. The molecule has 0 amide bonds. The number of nitrogens with two attached hydrogens (primary N) is 1. The molecule has 0 aromatic heterocycles. The first-order valence-electron chi connectivity index (χ1n) is 6.80. The lowest BCUT2D eigenvalue weighted by Crippen LogP contribution is -2.34. The minimum Gasteiger partial charge on any atom is -0.490 e. The second-order valence-corrected chi connectivity index (χ2v) is 4.18. The largest absolute Gasteiger partial charge is 0.490 e. The summed E-state index contributed by atoms with van der Waals surface area (Å²) in [5.74, 6) is 0.427. The fourth-order valence-electron chi connectivity index (χ4n) is 1.69.